The molecule has 1 aliphatic heterocycles. The van der Waals surface area contributed by atoms with Gasteiger partial charge in [-0.1, -0.05) is 0 Å². The van der Waals surface area contributed by atoms with Gasteiger partial charge in [0, 0.05) is 43.7 Å². The molecule has 0 bridgehead atoms. The number of aromatic nitrogens is 2. The molecule has 1 aromatic carbocycles. The van der Waals surface area contributed by atoms with Crippen molar-refractivity contribution in [3.63, 3.8) is 0 Å². The van der Waals surface area contributed by atoms with Gasteiger partial charge in [-0.3, -0.25) is 4.79 Å². The first-order chi connectivity index (χ1) is 12.6. The van der Waals surface area contributed by atoms with Gasteiger partial charge in [0.05, 0.1) is 14.2 Å². The number of imidazole rings is 1. The molecular formula is C20H27N3O3. The lowest BCUT2D eigenvalue weighted by Crippen LogP contribution is -2.30. The van der Waals surface area contributed by atoms with Crippen LogP contribution in [0.25, 0.3) is 0 Å². The van der Waals surface area contributed by atoms with Crippen LogP contribution in [0.1, 0.15) is 48.1 Å². The van der Waals surface area contributed by atoms with E-state index < -0.39 is 0 Å². The van der Waals surface area contributed by atoms with Crippen molar-refractivity contribution in [3.05, 3.63) is 41.5 Å². The Bertz CT molecular complexity index is 781. The highest BCUT2D eigenvalue weighted by atomic mass is 16.5. The number of methoxy groups -OCH3 is 2. The molecule has 1 atom stereocenters. The minimum absolute atomic E-state index is 0.00686. The van der Waals surface area contributed by atoms with Crippen molar-refractivity contribution in [1.82, 2.24) is 14.5 Å². The first-order valence-corrected chi connectivity index (χ1v) is 9.18. The van der Waals surface area contributed by atoms with E-state index >= 15 is 0 Å². The van der Waals surface area contributed by atoms with Crippen LogP contribution < -0.4 is 9.47 Å². The van der Waals surface area contributed by atoms with E-state index in [1.54, 1.807) is 19.1 Å². The van der Waals surface area contributed by atoms with E-state index in [4.69, 9.17) is 9.47 Å². The van der Waals surface area contributed by atoms with Gasteiger partial charge in [0.2, 0.25) is 0 Å². The first kappa shape index (κ1) is 18.3. The maximum absolute atomic E-state index is 12.6. The Labute approximate surface area is 154 Å². The second-order valence-electron chi connectivity index (χ2n) is 6.52. The zero-order valence-corrected chi connectivity index (χ0v) is 16.0. The average Bonchev–Trinajstić information content (AvgIpc) is 3.11. The molecule has 2 aromatic rings. The Morgan fingerprint density at radius 3 is 2.69 bits per heavy atom. The number of nitrogens with zero attached hydrogens (tertiary/aromatic N) is 3. The van der Waals surface area contributed by atoms with Gasteiger partial charge in [0.25, 0.3) is 5.91 Å². The van der Waals surface area contributed by atoms with Gasteiger partial charge in [0.1, 0.15) is 23.0 Å². The number of carbonyl (C=O) groups excluding carboxylic acids is 1. The minimum atomic E-state index is 0.00686. The summed E-state index contributed by atoms with van der Waals surface area (Å²) >= 11 is 0. The summed E-state index contributed by atoms with van der Waals surface area (Å²) < 4.78 is 13.0. The van der Waals surface area contributed by atoms with Crippen LogP contribution in [0, 0.1) is 0 Å². The summed E-state index contributed by atoms with van der Waals surface area (Å²) in [5.41, 5.74) is 1.68. The standard InChI is InChI=1S/C20H27N3O3/c1-5-22(6-2)20(24)17-13-23-12-14(7-10-19(23)21-17)16-11-15(25-3)8-9-18(16)26-4/h8-9,11,13-14H,5-7,10,12H2,1-4H3. The average molecular weight is 357 g/mol. The number of hydrogen-bond donors (Lipinski definition) is 0. The maximum Gasteiger partial charge on any atom is 0.274 e. The van der Waals surface area contributed by atoms with Crippen molar-refractivity contribution in [3.8, 4) is 11.5 Å². The summed E-state index contributed by atoms with van der Waals surface area (Å²) in [6.45, 7) is 6.16. The molecule has 3 rings (SSSR count). The summed E-state index contributed by atoms with van der Waals surface area (Å²) in [6, 6.07) is 5.91. The van der Waals surface area contributed by atoms with Crippen LogP contribution in [-0.2, 0) is 13.0 Å². The van der Waals surface area contributed by atoms with Crippen LogP contribution in [-0.4, -0.2) is 47.7 Å². The monoisotopic (exact) mass is 357 g/mol. The third kappa shape index (κ3) is 3.41. The summed E-state index contributed by atoms with van der Waals surface area (Å²) in [4.78, 5) is 19.0. The van der Waals surface area contributed by atoms with Crippen molar-refractivity contribution in [1.29, 1.82) is 0 Å². The third-order valence-electron chi connectivity index (χ3n) is 5.14. The molecule has 6 nitrogen and oxygen atoms in total. The summed E-state index contributed by atoms with van der Waals surface area (Å²) in [5, 5.41) is 0. The van der Waals surface area contributed by atoms with E-state index in [9.17, 15) is 4.79 Å². The molecule has 2 heterocycles. The van der Waals surface area contributed by atoms with Crippen molar-refractivity contribution in [2.24, 2.45) is 0 Å². The van der Waals surface area contributed by atoms with E-state index in [1.807, 2.05) is 38.2 Å². The molecule has 26 heavy (non-hydrogen) atoms. The topological polar surface area (TPSA) is 56.6 Å². The van der Waals surface area contributed by atoms with Gasteiger partial charge in [-0.15, -0.1) is 0 Å². The quantitative estimate of drug-likeness (QED) is 0.797. The Morgan fingerprint density at radius 1 is 1.27 bits per heavy atom. The second kappa shape index (κ2) is 7.81. The number of carbonyl (C=O) groups is 1. The number of ether oxygens (including phenoxy) is 2. The number of fused-ring (bicyclic) bond motifs is 1. The van der Waals surface area contributed by atoms with Crippen LogP contribution in [0.15, 0.2) is 24.4 Å². The molecule has 0 aliphatic carbocycles. The summed E-state index contributed by atoms with van der Waals surface area (Å²) in [7, 11) is 3.36. The molecule has 0 radical (unpaired) electrons. The Morgan fingerprint density at radius 2 is 2.04 bits per heavy atom. The number of aryl methyl sites for hydroxylation is 1. The molecule has 0 saturated heterocycles. The second-order valence-corrected chi connectivity index (χ2v) is 6.52. The van der Waals surface area contributed by atoms with Crippen LogP contribution >= 0.6 is 0 Å². The first-order valence-electron chi connectivity index (χ1n) is 9.18. The predicted octanol–water partition coefficient (Wildman–Crippen LogP) is 3.11. The highest BCUT2D eigenvalue weighted by Crippen LogP contribution is 2.36. The fourth-order valence-corrected chi connectivity index (χ4v) is 3.63. The fraction of sp³-hybridized carbons (Fsp3) is 0.500. The lowest BCUT2D eigenvalue weighted by molar-refractivity contribution is 0.0767. The number of benzene rings is 1. The smallest absolute Gasteiger partial charge is 0.274 e. The molecule has 0 fully saturated rings. The number of hydrogen-bond acceptors (Lipinski definition) is 4. The van der Waals surface area contributed by atoms with Crippen molar-refractivity contribution in [2.45, 2.75) is 39.2 Å². The highest BCUT2D eigenvalue weighted by molar-refractivity contribution is 5.92. The van der Waals surface area contributed by atoms with E-state index in [0.717, 1.165) is 42.3 Å². The zero-order valence-electron chi connectivity index (χ0n) is 16.0. The molecule has 1 amide bonds. The maximum atomic E-state index is 12.6. The molecule has 140 valence electrons. The SMILES string of the molecule is CCN(CC)C(=O)c1cn2c(n1)CCC(c1cc(OC)ccc1OC)C2. The lowest BCUT2D eigenvalue weighted by Gasteiger charge is -2.25. The molecule has 0 saturated carbocycles. The van der Waals surface area contributed by atoms with E-state index in [0.29, 0.717) is 24.7 Å². The number of amides is 1. The van der Waals surface area contributed by atoms with Crippen molar-refractivity contribution in [2.75, 3.05) is 27.3 Å². The molecule has 1 aliphatic rings. The zero-order chi connectivity index (χ0) is 18.7. The largest absolute Gasteiger partial charge is 0.497 e. The fourth-order valence-electron chi connectivity index (χ4n) is 3.63. The van der Waals surface area contributed by atoms with Crippen molar-refractivity contribution >= 4 is 5.91 Å². The van der Waals surface area contributed by atoms with E-state index in [-0.39, 0.29) is 5.91 Å². The molecule has 0 spiro atoms. The number of rotatable bonds is 6. The van der Waals surface area contributed by atoms with Gasteiger partial charge >= 0.3 is 0 Å². The summed E-state index contributed by atoms with van der Waals surface area (Å²) in [6.07, 6.45) is 3.71. The minimum Gasteiger partial charge on any atom is -0.497 e. The molecule has 1 unspecified atom stereocenters. The summed E-state index contributed by atoms with van der Waals surface area (Å²) in [5.74, 6) is 3.00. The Balaban J connectivity index is 1.85. The molecular weight excluding hydrogens is 330 g/mol. The van der Waals surface area contributed by atoms with Gasteiger partial charge in [-0.05, 0) is 38.5 Å². The molecule has 0 N–H and O–H groups in total. The predicted molar refractivity (Wildman–Crippen MR) is 100 cm³/mol. The van der Waals surface area contributed by atoms with Crippen LogP contribution in [0.5, 0.6) is 11.5 Å². The normalized spacial score (nSPS) is 16.1. The Hall–Kier alpha value is -2.50. The molecule has 1 aromatic heterocycles. The Kier molecular flexibility index (Phi) is 5.49. The van der Waals surface area contributed by atoms with Crippen LogP contribution in [0.3, 0.4) is 0 Å². The van der Waals surface area contributed by atoms with E-state index in [2.05, 4.69) is 9.55 Å². The van der Waals surface area contributed by atoms with Gasteiger partial charge in [-0.2, -0.15) is 0 Å². The molecule has 6 heteroatoms. The lowest BCUT2D eigenvalue weighted by atomic mass is 9.90. The van der Waals surface area contributed by atoms with Gasteiger partial charge in [0.15, 0.2) is 0 Å². The van der Waals surface area contributed by atoms with E-state index in [1.165, 1.54) is 0 Å². The van der Waals surface area contributed by atoms with Gasteiger partial charge < -0.3 is 18.9 Å². The van der Waals surface area contributed by atoms with Crippen molar-refractivity contribution < 1.29 is 14.3 Å². The van der Waals surface area contributed by atoms with Crippen LogP contribution in [0.2, 0.25) is 0 Å². The van der Waals surface area contributed by atoms with Gasteiger partial charge in [-0.25, -0.2) is 4.98 Å². The highest BCUT2D eigenvalue weighted by Gasteiger charge is 2.26. The van der Waals surface area contributed by atoms with Crippen LogP contribution in [0.4, 0.5) is 0 Å². The third-order valence-corrected chi connectivity index (χ3v) is 5.14.